The molecule has 2 rings (SSSR count). The van der Waals surface area contributed by atoms with E-state index in [1.807, 2.05) is 6.92 Å². The molecular weight excluding hydrogens is 310 g/mol. The Hall–Kier alpha value is -3.31. The van der Waals surface area contributed by atoms with Crippen LogP contribution in [0.15, 0.2) is 16.4 Å². The maximum atomic E-state index is 11.2. The number of rotatable bonds is 5. The van der Waals surface area contributed by atoms with Gasteiger partial charge in [-0.2, -0.15) is 0 Å². The SMILES string of the molecule is CCCn1cc(O)c(N=Nc2nc([N+](=O)[O-])n(C(C)=O)n2)c1O. The van der Waals surface area contributed by atoms with Gasteiger partial charge < -0.3 is 24.9 Å². The summed E-state index contributed by atoms with van der Waals surface area (Å²) >= 11 is 0. The lowest BCUT2D eigenvalue weighted by molar-refractivity contribution is -0.395. The fourth-order valence-electron chi connectivity index (χ4n) is 1.79. The van der Waals surface area contributed by atoms with Crippen LogP contribution in [-0.2, 0) is 6.54 Å². The van der Waals surface area contributed by atoms with Crippen molar-refractivity contribution in [2.24, 2.45) is 10.2 Å². The lowest BCUT2D eigenvalue weighted by Crippen LogP contribution is -2.11. The maximum Gasteiger partial charge on any atom is 0.465 e. The molecule has 2 N–H and O–H groups in total. The first-order chi connectivity index (χ1) is 10.8. The second kappa shape index (κ2) is 6.21. The van der Waals surface area contributed by atoms with Crippen LogP contribution in [-0.4, -0.2) is 40.4 Å². The molecule has 23 heavy (non-hydrogen) atoms. The molecule has 2 aromatic rings. The average molecular weight is 323 g/mol. The number of carbonyl (C=O) groups is 1. The summed E-state index contributed by atoms with van der Waals surface area (Å²) in [6, 6.07) is 0. The zero-order chi connectivity index (χ0) is 17.1. The van der Waals surface area contributed by atoms with Gasteiger partial charge in [0.1, 0.15) is 0 Å². The molecule has 122 valence electrons. The number of hydrogen-bond acceptors (Lipinski definition) is 9. The van der Waals surface area contributed by atoms with Gasteiger partial charge in [-0.25, -0.2) is 0 Å². The molecule has 0 saturated heterocycles. The van der Waals surface area contributed by atoms with Gasteiger partial charge in [-0.3, -0.25) is 4.79 Å². The van der Waals surface area contributed by atoms with Gasteiger partial charge in [0.2, 0.25) is 5.88 Å². The Morgan fingerprint density at radius 1 is 1.43 bits per heavy atom. The highest BCUT2D eigenvalue weighted by Crippen LogP contribution is 2.38. The molecule has 0 unspecified atom stereocenters. The van der Waals surface area contributed by atoms with E-state index < -0.39 is 22.7 Å². The molecule has 12 nitrogen and oxygen atoms in total. The zero-order valence-electron chi connectivity index (χ0n) is 12.2. The van der Waals surface area contributed by atoms with E-state index in [1.165, 1.54) is 10.8 Å². The van der Waals surface area contributed by atoms with Crippen molar-refractivity contribution >= 4 is 23.5 Å². The van der Waals surface area contributed by atoms with Crippen LogP contribution >= 0.6 is 0 Å². The molecule has 0 aromatic carbocycles. The van der Waals surface area contributed by atoms with Crippen molar-refractivity contribution in [3.05, 3.63) is 16.3 Å². The van der Waals surface area contributed by atoms with Crippen LogP contribution in [0.3, 0.4) is 0 Å². The van der Waals surface area contributed by atoms with Crippen molar-refractivity contribution in [3.63, 3.8) is 0 Å². The number of aryl methyl sites for hydroxylation is 1. The summed E-state index contributed by atoms with van der Waals surface area (Å²) in [4.78, 5) is 24.6. The third kappa shape index (κ3) is 3.14. The molecule has 0 atom stereocenters. The predicted octanol–water partition coefficient (Wildman–Crippen LogP) is 1.88. The monoisotopic (exact) mass is 323 g/mol. The van der Waals surface area contributed by atoms with Crippen molar-refractivity contribution < 1.29 is 19.9 Å². The highest BCUT2D eigenvalue weighted by Gasteiger charge is 2.25. The standard InChI is InChI=1S/C11H13N7O5/c1-3-4-16-5-7(20)8(9(16)21)13-14-10-12-11(18(22)23)17(15-10)6(2)19/h5,20-21H,3-4H2,1-2H3. The molecule has 0 spiro atoms. The lowest BCUT2D eigenvalue weighted by Gasteiger charge is -1.99. The molecule has 0 fully saturated rings. The third-order valence-corrected chi connectivity index (χ3v) is 2.75. The highest BCUT2D eigenvalue weighted by molar-refractivity contribution is 5.77. The Kier molecular flexibility index (Phi) is 4.34. The highest BCUT2D eigenvalue weighted by atomic mass is 16.6. The van der Waals surface area contributed by atoms with E-state index in [2.05, 4.69) is 20.3 Å². The van der Waals surface area contributed by atoms with Crippen LogP contribution in [0, 0.1) is 10.1 Å². The molecule has 2 heterocycles. The summed E-state index contributed by atoms with van der Waals surface area (Å²) in [5.74, 6) is -2.60. The van der Waals surface area contributed by atoms with Gasteiger partial charge in [0.25, 0.3) is 0 Å². The largest absolute Gasteiger partial charge is 0.504 e. The molecule has 0 aliphatic rings. The molecular formula is C11H13N7O5. The van der Waals surface area contributed by atoms with Gasteiger partial charge in [-0.15, -0.1) is 5.11 Å². The van der Waals surface area contributed by atoms with Gasteiger partial charge in [0, 0.05) is 13.5 Å². The summed E-state index contributed by atoms with van der Waals surface area (Å²) in [6.07, 6.45) is 1.99. The molecule has 12 heteroatoms. The number of aromatic nitrogens is 4. The number of nitrogens with zero attached hydrogens (tertiary/aromatic N) is 7. The Bertz CT molecular complexity index is 760. The third-order valence-electron chi connectivity index (χ3n) is 2.75. The first kappa shape index (κ1) is 16.1. The minimum atomic E-state index is -0.889. The molecule has 0 amide bonds. The smallest absolute Gasteiger partial charge is 0.465 e. The normalized spacial score (nSPS) is 11.2. The number of hydrogen-bond donors (Lipinski definition) is 2. The van der Waals surface area contributed by atoms with Crippen LogP contribution in [0.2, 0.25) is 0 Å². The number of azo groups is 1. The quantitative estimate of drug-likeness (QED) is 0.482. The first-order valence-corrected chi connectivity index (χ1v) is 6.50. The Morgan fingerprint density at radius 3 is 2.65 bits per heavy atom. The summed E-state index contributed by atoms with van der Waals surface area (Å²) in [5, 5.41) is 41.0. The van der Waals surface area contributed by atoms with E-state index in [9.17, 15) is 25.1 Å². The van der Waals surface area contributed by atoms with Crippen LogP contribution in [0.25, 0.3) is 0 Å². The number of aromatic hydroxyl groups is 2. The zero-order valence-corrected chi connectivity index (χ0v) is 12.2. The van der Waals surface area contributed by atoms with Crippen molar-refractivity contribution in [1.82, 2.24) is 19.3 Å². The first-order valence-electron chi connectivity index (χ1n) is 6.50. The molecule has 0 saturated carbocycles. The average Bonchev–Trinajstić information content (AvgIpc) is 3.01. The number of carbonyl (C=O) groups excluding carboxylic acids is 1. The maximum absolute atomic E-state index is 11.2. The van der Waals surface area contributed by atoms with Gasteiger partial charge in [0.15, 0.2) is 11.4 Å². The van der Waals surface area contributed by atoms with Gasteiger partial charge in [-0.05, 0) is 21.4 Å². The minimum Gasteiger partial charge on any atom is -0.504 e. The molecule has 0 radical (unpaired) electrons. The lowest BCUT2D eigenvalue weighted by atomic mass is 10.5. The predicted molar refractivity (Wildman–Crippen MR) is 75.2 cm³/mol. The van der Waals surface area contributed by atoms with Gasteiger partial charge in [-0.1, -0.05) is 16.7 Å². The van der Waals surface area contributed by atoms with Crippen molar-refractivity contribution in [3.8, 4) is 11.6 Å². The second-order valence-electron chi connectivity index (χ2n) is 4.48. The summed E-state index contributed by atoms with van der Waals surface area (Å²) < 4.78 is 1.84. The Balaban J connectivity index is 2.36. The second-order valence-corrected chi connectivity index (χ2v) is 4.48. The topological polar surface area (TPSA) is 161 Å². The van der Waals surface area contributed by atoms with E-state index in [1.54, 1.807) is 0 Å². The van der Waals surface area contributed by atoms with Crippen LogP contribution in [0.4, 0.5) is 17.6 Å². The molecule has 0 bridgehead atoms. The van der Waals surface area contributed by atoms with Crippen LogP contribution < -0.4 is 0 Å². The number of nitro groups is 1. The molecule has 2 aromatic heterocycles. The fourth-order valence-corrected chi connectivity index (χ4v) is 1.79. The van der Waals surface area contributed by atoms with E-state index in [4.69, 9.17) is 0 Å². The summed E-state index contributed by atoms with van der Waals surface area (Å²) in [5.41, 5.74) is -0.222. The van der Waals surface area contributed by atoms with Crippen LogP contribution in [0.5, 0.6) is 11.6 Å². The van der Waals surface area contributed by atoms with E-state index >= 15 is 0 Å². The van der Waals surface area contributed by atoms with Crippen molar-refractivity contribution in [2.75, 3.05) is 0 Å². The molecule has 0 aliphatic heterocycles. The van der Waals surface area contributed by atoms with E-state index in [0.29, 0.717) is 11.2 Å². The fraction of sp³-hybridized carbons (Fsp3) is 0.364. The minimum absolute atomic E-state index is 0.222. The summed E-state index contributed by atoms with van der Waals surface area (Å²) in [6.45, 7) is 3.41. The Labute approximate surface area is 128 Å². The van der Waals surface area contributed by atoms with Crippen molar-refractivity contribution in [1.29, 1.82) is 0 Å². The van der Waals surface area contributed by atoms with Gasteiger partial charge in [0.05, 0.1) is 6.20 Å². The van der Waals surface area contributed by atoms with E-state index in [0.717, 1.165) is 13.3 Å². The Morgan fingerprint density at radius 2 is 2.13 bits per heavy atom. The van der Waals surface area contributed by atoms with Crippen LogP contribution in [0.1, 0.15) is 25.1 Å². The van der Waals surface area contributed by atoms with E-state index in [-0.39, 0.29) is 17.3 Å². The van der Waals surface area contributed by atoms with Crippen molar-refractivity contribution in [2.45, 2.75) is 26.8 Å². The molecule has 0 aliphatic carbocycles. The van der Waals surface area contributed by atoms with Gasteiger partial charge >= 0.3 is 17.8 Å². The summed E-state index contributed by atoms with van der Waals surface area (Å²) in [7, 11) is 0.